The average Bonchev–Trinajstić information content (AvgIpc) is 2.53. The maximum absolute atomic E-state index is 12.4. The summed E-state index contributed by atoms with van der Waals surface area (Å²) >= 11 is 0. The van der Waals surface area contributed by atoms with Crippen molar-refractivity contribution in [3.63, 3.8) is 0 Å². The van der Waals surface area contributed by atoms with Crippen molar-refractivity contribution in [3.8, 4) is 0 Å². The molecule has 24 heavy (non-hydrogen) atoms. The molecule has 0 aliphatic carbocycles. The molecule has 1 heterocycles. The lowest BCUT2D eigenvalue weighted by molar-refractivity contribution is 0.000389. The Bertz CT molecular complexity index is 538. The van der Waals surface area contributed by atoms with Gasteiger partial charge in [0.15, 0.2) is 0 Å². The van der Waals surface area contributed by atoms with Crippen molar-refractivity contribution in [1.82, 2.24) is 9.80 Å². The SMILES string of the molecule is C[C@@H]1CCN(C(=O)OC(C)(C)C)CC1N(C)[C@H](C)c1ccccc1. The van der Waals surface area contributed by atoms with Crippen molar-refractivity contribution in [2.24, 2.45) is 5.92 Å². The van der Waals surface area contributed by atoms with E-state index in [1.165, 1.54) is 5.56 Å². The zero-order valence-corrected chi connectivity index (χ0v) is 16.0. The topological polar surface area (TPSA) is 32.8 Å². The average molecular weight is 332 g/mol. The van der Waals surface area contributed by atoms with E-state index in [0.29, 0.717) is 18.0 Å². The number of carbonyl (C=O) groups excluding carboxylic acids is 1. The number of ether oxygens (including phenoxy) is 1. The molecule has 4 nitrogen and oxygen atoms in total. The molecule has 0 spiro atoms. The number of nitrogens with zero attached hydrogens (tertiary/aromatic N) is 2. The monoisotopic (exact) mass is 332 g/mol. The number of hydrogen-bond acceptors (Lipinski definition) is 3. The van der Waals surface area contributed by atoms with Crippen LogP contribution in [0.1, 0.15) is 52.6 Å². The number of amides is 1. The maximum Gasteiger partial charge on any atom is 0.410 e. The molecule has 1 aromatic rings. The summed E-state index contributed by atoms with van der Waals surface area (Å²) in [5, 5.41) is 0. The van der Waals surface area contributed by atoms with Gasteiger partial charge in [0.05, 0.1) is 0 Å². The van der Waals surface area contributed by atoms with Crippen LogP contribution in [-0.4, -0.2) is 47.7 Å². The van der Waals surface area contributed by atoms with E-state index in [9.17, 15) is 4.79 Å². The minimum absolute atomic E-state index is 0.194. The Morgan fingerprint density at radius 1 is 1.29 bits per heavy atom. The van der Waals surface area contributed by atoms with Crippen LogP contribution in [0.15, 0.2) is 30.3 Å². The normalized spacial score (nSPS) is 23.2. The van der Waals surface area contributed by atoms with Gasteiger partial charge in [0.2, 0.25) is 0 Å². The summed E-state index contributed by atoms with van der Waals surface area (Å²) < 4.78 is 5.55. The fourth-order valence-electron chi connectivity index (χ4n) is 3.33. The summed E-state index contributed by atoms with van der Waals surface area (Å²) in [6.07, 6.45) is 0.815. The van der Waals surface area contributed by atoms with Gasteiger partial charge in [-0.05, 0) is 52.6 Å². The predicted molar refractivity (Wildman–Crippen MR) is 98.0 cm³/mol. The fraction of sp³-hybridized carbons (Fsp3) is 0.650. The molecule has 1 unspecified atom stereocenters. The first-order valence-electron chi connectivity index (χ1n) is 8.94. The van der Waals surface area contributed by atoms with Crippen LogP contribution in [-0.2, 0) is 4.74 Å². The Kier molecular flexibility index (Phi) is 5.92. The highest BCUT2D eigenvalue weighted by Crippen LogP contribution is 2.29. The quantitative estimate of drug-likeness (QED) is 0.826. The van der Waals surface area contributed by atoms with Crippen LogP contribution in [0.25, 0.3) is 0 Å². The Morgan fingerprint density at radius 2 is 1.92 bits per heavy atom. The van der Waals surface area contributed by atoms with Gasteiger partial charge in [0.1, 0.15) is 5.60 Å². The molecular weight excluding hydrogens is 300 g/mol. The lowest BCUT2D eigenvalue weighted by Crippen LogP contribution is -2.53. The Balaban J connectivity index is 2.06. The summed E-state index contributed by atoms with van der Waals surface area (Å²) in [6.45, 7) is 11.8. The van der Waals surface area contributed by atoms with E-state index in [-0.39, 0.29) is 6.09 Å². The number of likely N-dealkylation sites (N-methyl/N-ethyl adjacent to an activating group) is 1. The van der Waals surface area contributed by atoms with Crippen LogP contribution in [0.3, 0.4) is 0 Å². The van der Waals surface area contributed by atoms with Crippen LogP contribution in [0.2, 0.25) is 0 Å². The summed E-state index contributed by atoms with van der Waals surface area (Å²) in [7, 11) is 2.16. The fourth-order valence-corrected chi connectivity index (χ4v) is 3.33. The Labute approximate surface area is 146 Å². The molecule has 3 atom stereocenters. The summed E-state index contributed by atoms with van der Waals surface area (Å²) in [6, 6.07) is 11.2. The lowest BCUT2D eigenvalue weighted by atomic mass is 9.91. The van der Waals surface area contributed by atoms with Crippen molar-refractivity contribution < 1.29 is 9.53 Å². The first-order chi connectivity index (χ1) is 11.2. The van der Waals surface area contributed by atoms with E-state index in [2.05, 4.69) is 50.1 Å². The number of benzene rings is 1. The molecule has 1 aliphatic rings. The van der Waals surface area contributed by atoms with Gasteiger partial charge in [0, 0.05) is 25.2 Å². The number of likely N-dealkylation sites (tertiary alicyclic amines) is 1. The second kappa shape index (κ2) is 7.56. The summed E-state index contributed by atoms with van der Waals surface area (Å²) in [4.78, 5) is 16.7. The number of carbonyl (C=O) groups is 1. The van der Waals surface area contributed by atoms with Gasteiger partial charge >= 0.3 is 6.09 Å². The third kappa shape index (κ3) is 4.73. The maximum atomic E-state index is 12.4. The zero-order chi connectivity index (χ0) is 17.9. The third-order valence-corrected chi connectivity index (χ3v) is 4.99. The van der Waals surface area contributed by atoms with Crippen LogP contribution in [0.5, 0.6) is 0 Å². The standard InChI is InChI=1S/C20H32N2O2/c1-15-12-13-22(19(23)24-20(3,4)5)14-18(15)21(6)16(2)17-10-8-7-9-11-17/h7-11,15-16,18H,12-14H2,1-6H3/t15-,16-,18?/m1/s1. The molecule has 1 aliphatic heterocycles. The minimum Gasteiger partial charge on any atom is -0.444 e. The molecule has 0 N–H and O–H groups in total. The molecule has 1 aromatic carbocycles. The van der Waals surface area contributed by atoms with Crippen LogP contribution in [0, 0.1) is 5.92 Å². The van der Waals surface area contributed by atoms with E-state index < -0.39 is 5.60 Å². The molecule has 0 bridgehead atoms. The molecule has 4 heteroatoms. The Hall–Kier alpha value is -1.55. The molecule has 0 radical (unpaired) electrons. The van der Waals surface area contributed by atoms with Gasteiger partial charge in [-0.3, -0.25) is 4.90 Å². The summed E-state index contributed by atoms with van der Waals surface area (Å²) in [5.74, 6) is 0.555. The highest BCUT2D eigenvalue weighted by atomic mass is 16.6. The van der Waals surface area contributed by atoms with Crippen LogP contribution < -0.4 is 0 Å². The molecule has 2 rings (SSSR count). The first-order valence-corrected chi connectivity index (χ1v) is 8.94. The van der Waals surface area contributed by atoms with Crippen molar-refractivity contribution in [1.29, 1.82) is 0 Å². The number of hydrogen-bond donors (Lipinski definition) is 0. The van der Waals surface area contributed by atoms with E-state index in [1.807, 2.05) is 31.7 Å². The molecule has 1 fully saturated rings. The van der Waals surface area contributed by atoms with Crippen molar-refractivity contribution in [2.75, 3.05) is 20.1 Å². The number of rotatable bonds is 3. The summed E-state index contributed by atoms with van der Waals surface area (Å²) in [5.41, 5.74) is 0.861. The Morgan fingerprint density at radius 3 is 2.50 bits per heavy atom. The van der Waals surface area contributed by atoms with Gasteiger partial charge in [0.25, 0.3) is 0 Å². The molecule has 1 amide bonds. The van der Waals surface area contributed by atoms with Crippen molar-refractivity contribution in [2.45, 2.75) is 58.7 Å². The van der Waals surface area contributed by atoms with Gasteiger partial charge in [-0.1, -0.05) is 37.3 Å². The highest BCUT2D eigenvalue weighted by molar-refractivity contribution is 5.68. The lowest BCUT2D eigenvalue weighted by Gasteiger charge is -2.44. The second-order valence-corrected chi connectivity index (χ2v) is 8.01. The van der Waals surface area contributed by atoms with Gasteiger partial charge < -0.3 is 9.64 Å². The van der Waals surface area contributed by atoms with Gasteiger partial charge in [-0.25, -0.2) is 4.79 Å². The minimum atomic E-state index is -0.446. The largest absolute Gasteiger partial charge is 0.444 e. The second-order valence-electron chi connectivity index (χ2n) is 8.01. The van der Waals surface area contributed by atoms with E-state index >= 15 is 0 Å². The molecule has 0 saturated carbocycles. The molecule has 134 valence electrons. The highest BCUT2D eigenvalue weighted by Gasteiger charge is 2.35. The molecule has 1 saturated heterocycles. The van der Waals surface area contributed by atoms with Gasteiger partial charge in [-0.2, -0.15) is 0 Å². The van der Waals surface area contributed by atoms with E-state index in [1.54, 1.807) is 0 Å². The molecule has 0 aromatic heterocycles. The zero-order valence-electron chi connectivity index (χ0n) is 16.0. The van der Waals surface area contributed by atoms with E-state index in [4.69, 9.17) is 4.74 Å². The molecular formula is C20H32N2O2. The number of piperidine rings is 1. The van der Waals surface area contributed by atoms with E-state index in [0.717, 1.165) is 19.5 Å². The van der Waals surface area contributed by atoms with Crippen LogP contribution >= 0.6 is 0 Å². The predicted octanol–water partition coefficient (Wildman–Crippen LogP) is 4.32. The van der Waals surface area contributed by atoms with Crippen LogP contribution in [0.4, 0.5) is 4.79 Å². The van der Waals surface area contributed by atoms with Gasteiger partial charge in [-0.15, -0.1) is 0 Å². The third-order valence-electron chi connectivity index (χ3n) is 4.99. The van der Waals surface area contributed by atoms with Crippen molar-refractivity contribution >= 4 is 6.09 Å². The van der Waals surface area contributed by atoms with Crippen molar-refractivity contribution in [3.05, 3.63) is 35.9 Å². The smallest absolute Gasteiger partial charge is 0.410 e. The first kappa shape index (κ1) is 18.8.